The van der Waals surface area contributed by atoms with Crippen molar-refractivity contribution in [2.24, 2.45) is 0 Å². The third-order valence-corrected chi connectivity index (χ3v) is 5.24. The summed E-state index contributed by atoms with van der Waals surface area (Å²) in [6, 6.07) is 20.9. The number of oxazole rings is 1. The molecule has 0 spiro atoms. The van der Waals surface area contributed by atoms with E-state index in [0.29, 0.717) is 5.89 Å². The van der Waals surface area contributed by atoms with Crippen molar-refractivity contribution >= 4 is 11.1 Å². The molecule has 0 aliphatic heterocycles. The topological polar surface area (TPSA) is 43.9 Å². The fourth-order valence-corrected chi connectivity index (χ4v) is 4.05. The molecule has 4 heteroatoms. The van der Waals surface area contributed by atoms with Crippen LogP contribution in [-0.4, -0.2) is 14.5 Å². The van der Waals surface area contributed by atoms with Crippen molar-refractivity contribution in [3.63, 3.8) is 0 Å². The summed E-state index contributed by atoms with van der Waals surface area (Å²) < 4.78 is 8.03. The van der Waals surface area contributed by atoms with Gasteiger partial charge in [0.2, 0.25) is 0 Å². The van der Waals surface area contributed by atoms with Gasteiger partial charge < -0.3 is 4.42 Å². The largest absolute Gasteiger partial charge is 0.440 e. The molecule has 2 aromatic heterocycles. The van der Waals surface area contributed by atoms with Crippen molar-refractivity contribution in [1.82, 2.24) is 14.5 Å². The zero-order valence-corrected chi connectivity index (χ0v) is 16.7. The Morgan fingerprint density at radius 2 is 1.59 bits per heavy atom. The minimum Gasteiger partial charge on any atom is -0.440 e. The van der Waals surface area contributed by atoms with Gasteiger partial charge in [0, 0.05) is 19.3 Å². The summed E-state index contributed by atoms with van der Waals surface area (Å²) in [4.78, 5) is 9.12. The average Bonchev–Trinajstić information content (AvgIpc) is 3.33. The predicted octanol–water partition coefficient (Wildman–Crippen LogP) is 6.27. The van der Waals surface area contributed by atoms with E-state index in [1.54, 1.807) is 0 Å². The molecule has 0 aliphatic carbocycles. The molecule has 0 saturated heterocycles. The Kier molecular flexibility index (Phi) is 4.06. The Bertz CT molecular complexity index is 1310. The van der Waals surface area contributed by atoms with Crippen LogP contribution in [0.15, 0.2) is 77.5 Å². The maximum absolute atomic E-state index is 5.89. The van der Waals surface area contributed by atoms with Crippen molar-refractivity contribution in [1.29, 1.82) is 0 Å². The normalized spacial score (nSPS) is 11.3. The second-order valence-electron chi connectivity index (χ2n) is 7.33. The third kappa shape index (κ3) is 2.93. The number of rotatable bonds is 3. The Hall–Kier alpha value is -3.66. The number of aromatic nitrogens is 3. The van der Waals surface area contributed by atoms with Crippen LogP contribution in [-0.2, 0) is 0 Å². The van der Waals surface area contributed by atoms with Crippen LogP contribution in [0.25, 0.3) is 39.3 Å². The molecule has 0 aliphatic rings. The van der Waals surface area contributed by atoms with E-state index in [2.05, 4.69) is 64.8 Å². The van der Waals surface area contributed by atoms with Crippen LogP contribution >= 0.6 is 0 Å². The molecule has 0 N–H and O–H groups in total. The van der Waals surface area contributed by atoms with E-state index in [1.165, 1.54) is 22.3 Å². The van der Waals surface area contributed by atoms with E-state index in [-0.39, 0.29) is 0 Å². The highest BCUT2D eigenvalue weighted by atomic mass is 16.3. The van der Waals surface area contributed by atoms with Crippen molar-refractivity contribution < 1.29 is 4.42 Å². The third-order valence-electron chi connectivity index (χ3n) is 5.24. The van der Waals surface area contributed by atoms with Gasteiger partial charge in [-0.1, -0.05) is 36.4 Å². The Balaban J connectivity index is 1.68. The second-order valence-corrected chi connectivity index (χ2v) is 7.33. The van der Waals surface area contributed by atoms with Gasteiger partial charge in [-0.15, -0.1) is 0 Å². The summed E-state index contributed by atoms with van der Waals surface area (Å²) in [6.07, 6.45) is 3.84. The molecule has 142 valence electrons. The molecule has 2 heterocycles. The molecular weight excluding hydrogens is 358 g/mol. The van der Waals surface area contributed by atoms with E-state index >= 15 is 0 Å². The summed E-state index contributed by atoms with van der Waals surface area (Å²) in [7, 11) is 0. The minimum atomic E-state index is 0.658. The van der Waals surface area contributed by atoms with Crippen molar-refractivity contribution in [3.8, 4) is 28.2 Å². The lowest BCUT2D eigenvalue weighted by Crippen LogP contribution is -2.02. The van der Waals surface area contributed by atoms with Crippen LogP contribution < -0.4 is 0 Å². The molecule has 0 amide bonds. The summed E-state index contributed by atoms with van der Waals surface area (Å²) in [5.74, 6) is 1.51. The highest BCUT2D eigenvalue weighted by Crippen LogP contribution is 2.33. The smallest absolute Gasteiger partial charge is 0.192 e. The first kappa shape index (κ1) is 17.4. The molecule has 0 bridgehead atoms. The lowest BCUT2D eigenvalue weighted by Gasteiger charge is -2.16. The van der Waals surface area contributed by atoms with Crippen molar-refractivity contribution in [2.75, 3.05) is 0 Å². The number of fused-ring (bicyclic) bond motifs is 1. The molecular formula is C25H21N3O. The van der Waals surface area contributed by atoms with E-state index in [4.69, 9.17) is 4.42 Å². The number of benzene rings is 3. The Labute approximate surface area is 169 Å². The summed E-state index contributed by atoms with van der Waals surface area (Å²) >= 11 is 0. The van der Waals surface area contributed by atoms with Gasteiger partial charge in [-0.3, -0.25) is 4.57 Å². The number of para-hydroxylation sites is 1. The van der Waals surface area contributed by atoms with Gasteiger partial charge in [0.1, 0.15) is 11.3 Å². The zero-order valence-electron chi connectivity index (χ0n) is 16.7. The fraction of sp³-hybridized carbons (Fsp3) is 0.120. The van der Waals surface area contributed by atoms with Crippen molar-refractivity contribution in [2.45, 2.75) is 20.8 Å². The monoisotopic (exact) mass is 379 g/mol. The highest BCUT2D eigenvalue weighted by Gasteiger charge is 2.17. The lowest BCUT2D eigenvalue weighted by molar-refractivity contribution is 0.561. The van der Waals surface area contributed by atoms with Crippen LogP contribution in [0.4, 0.5) is 0 Å². The number of aryl methyl sites for hydroxylation is 3. The van der Waals surface area contributed by atoms with Crippen LogP contribution in [0.5, 0.6) is 0 Å². The van der Waals surface area contributed by atoms with E-state index < -0.39 is 0 Å². The molecule has 0 fully saturated rings. The quantitative estimate of drug-likeness (QED) is 0.371. The van der Waals surface area contributed by atoms with Crippen molar-refractivity contribution in [3.05, 3.63) is 90.1 Å². The Morgan fingerprint density at radius 3 is 2.34 bits per heavy atom. The van der Waals surface area contributed by atoms with Gasteiger partial charge in [-0.2, -0.15) is 0 Å². The van der Waals surface area contributed by atoms with Gasteiger partial charge in [-0.25, -0.2) is 9.97 Å². The second kappa shape index (κ2) is 6.74. The molecule has 4 nitrogen and oxygen atoms in total. The van der Waals surface area contributed by atoms with E-state index in [1.807, 2.05) is 43.6 Å². The first-order valence-corrected chi connectivity index (χ1v) is 9.69. The Morgan fingerprint density at radius 1 is 0.828 bits per heavy atom. The lowest BCUT2D eigenvalue weighted by atomic mass is 9.98. The van der Waals surface area contributed by atoms with E-state index in [0.717, 1.165) is 28.2 Å². The summed E-state index contributed by atoms with van der Waals surface area (Å²) in [6.45, 7) is 6.17. The van der Waals surface area contributed by atoms with Gasteiger partial charge in [0.05, 0.1) is 11.3 Å². The van der Waals surface area contributed by atoms with Gasteiger partial charge in [-0.05, 0) is 60.4 Å². The molecule has 0 atom stereocenters. The standard InChI is InChI=1S/C25H21N3O/c1-16-14-20(19-8-5-4-6-9-19)15-17(2)23(16)28-13-12-26-25(28)21-10-7-11-22-24(21)29-18(3)27-22/h4-15H,1-3H3. The molecule has 0 radical (unpaired) electrons. The maximum Gasteiger partial charge on any atom is 0.192 e. The number of hydrogen-bond donors (Lipinski definition) is 0. The summed E-state index contributed by atoms with van der Waals surface area (Å²) in [5, 5.41) is 0. The van der Waals surface area contributed by atoms with E-state index in [9.17, 15) is 0 Å². The molecule has 0 unspecified atom stereocenters. The number of imidazole rings is 1. The highest BCUT2D eigenvalue weighted by molar-refractivity contribution is 5.88. The number of nitrogens with zero attached hydrogens (tertiary/aromatic N) is 3. The fourth-order valence-electron chi connectivity index (χ4n) is 4.05. The first-order valence-electron chi connectivity index (χ1n) is 9.69. The van der Waals surface area contributed by atoms with Crippen LogP contribution in [0, 0.1) is 20.8 Å². The molecule has 5 rings (SSSR count). The van der Waals surface area contributed by atoms with Gasteiger partial charge in [0.25, 0.3) is 0 Å². The maximum atomic E-state index is 5.89. The SMILES string of the molecule is Cc1nc2cccc(-c3nccn3-c3c(C)cc(-c4ccccc4)cc3C)c2o1. The molecule has 29 heavy (non-hydrogen) atoms. The van der Waals surface area contributed by atoms with Crippen LogP contribution in [0.2, 0.25) is 0 Å². The first-order chi connectivity index (χ1) is 14.1. The zero-order chi connectivity index (χ0) is 20.0. The minimum absolute atomic E-state index is 0.658. The van der Waals surface area contributed by atoms with Crippen LogP contribution in [0.1, 0.15) is 17.0 Å². The number of hydrogen-bond acceptors (Lipinski definition) is 3. The van der Waals surface area contributed by atoms with Gasteiger partial charge >= 0.3 is 0 Å². The predicted molar refractivity (Wildman–Crippen MR) is 116 cm³/mol. The molecule has 0 saturated carbocycles. The molecule has 5 aromatic rings. The van der Waals surface area contributed by atoms with Gasteiger partial charge in [0.15, 0.2) is 11.5 Å². The average molecular weight is 379 g/mol. The molecule has 3 aromatic carbocycles. The van der Waals surface area contributed by atoms with Crippen LogP contribution in [0.3, 0.4) is 0 Å². The summed E-state index contributed by atoms with van der Waals surface area (Å²) in [5.41, 5.74) is 8.55.